The van der Waals surface area contributed by atoms with E-state index in [0.717, 1.165) is 48.3 Å². The van der Waals surface area contributed by atoms with Crippen LogP contribution < -0.4 is 10.1 Å². The smallest absolute Gasteiger partial charge is 0.220 e. The molecule has 1 N–H and O–H groups in total. The molecule has 1 aliphatic carbocycles. The maximum Gasteiger partial charge on any atom is 0.220 e. The Bertz CT molecular complexity index is 964. The van der Waals surface area contributed by atoms with Gasteiger partial charge in [0.05, 0.1) is 25.0 Å². The highest BCUT2D eigenvalue weighted by atomic mass is 16.5. The Hall–Kier alpha value is -3.22. The van der Waals surface area contributed by atoms with E-state index in [1.165, 1.54) is 0 Å². The summed E-state index contributed by atoms with van der Waals surface area (Å²) in [4.78, 5) is 20.7. The molecule has 1 saturated carbocycles. The van der Waals surface area contributed by atoms with Crippen molar-refractivity contribution >= 4 is 5.91 Å². The quantitative estimate of drug-likeness (QED) is 0.650. The molecule has 0 radical (unpaired) electrons. The van der Waals surface area contributed by atoms with Gasteiger partial charge in [0, 0.05) is 30.4 Å². The molecule has 7 heteroatoms. The van der Waals surface area contributed by atoms with E-state index in [9.17, 15) is 4.79 Å². The summed E-state index contributed by atoms with van der Waals surface area (Å²) in [6.45, 7) is 0. The van der Waals surface area contributed by atoms with E-state index in [2.05, 4.69) is 26.6 Å². The Morgan fingerprint density at radius 1 is 1.20 bits per heavy atom. The van der Waals surface area contributed by atoms with Crippen LogP contribution in [0.1, 0.15) is 43.7 Å². The average Bonchev–Trinajstić information content (AvgIpc) is 3.29. The summed E-state index contributed by atoms with van der Waals surface area (Å²) in [6.07, 6.45) is 12.3. The van der Waals surface area contributed by atoms with Crippen LogP contribution in [0.5, 0.6) is 5.75 Å². The Labute approximate surface area is 176 Å². The highest BCUT2D eigenvalue weighted by Gasteiger charge is 2.24. The van der Waals surface area contributed by atoms with E-state index in [-0.39, 0.29) is 11.9 Å². The van der Waals surface area contributed by atoms with Crippen molar-refractivity contribution in [3.63, 3.8) is 0 Å². The van der Waals surface area contributed by atoms with Gasteiger partial charge < -0.3 is 10.1 Å². The van der Waals surface area contributed by atoms with Crippen molar-refractivity contribution in [3.05, 3.63) is 60.8 Å². The fourth-order valence-corrected chi connectivity index (χ4v) is 4.07. The molecule has 7 nitrogen and oxygen atoms in total. The number of hydrogen-bond donors (Lipinski definition) is 1. The van der Waals surface area contributed by atoms with Gasteiger partial charge in [-0.15, -0.1) is 0 Å². The Kier molecular flexibility index (Phi) is 6.37. The summed E-state index contributed by atoms with van der Waals surface area (Å²) >= 11 is 0. The predicted molar refractivity (Wildman–Crippen MR) is 114 cm³/mol. The first kappa shape index (κ1) is 20.1. The average molecular weight is 406 g/mol. The van der Waals surface area contributed by atoms with E-state index >= 15 is 0 Å². The fraction of sp³-hybridized carbons (Fsp3) is 0.391. The van der Waals surface area contributed by atoms with Gasteiger partial charge in [-0.3, -0.25) is 9.48 Å². The second-order valence-electron chi connectivity index (χ2n) is 7.69. The highest BCUT2D eigenvalue weighted by Crippen LogP contribution is 2.29. The standard InChI is InChI=1S/C23H27N5O2/c1-30-22-5-3-2-4-17(22)6-11-23(29)27-19-7-9-20(10-8-19)28-15-18(14-26-28)21-12-13-24-16-25-21/h2-5,12-16,19-20H,6-11H2,1H3,(H,27,29). The lowest BCUT2D eigenvalue weighted by molar-refractivity contribution is -0.122. The number of amides is 1. The number of aryl methyl sites for hydroxylation is 1. The second kappa shape index (κ2) is 9.52. The number of benzene rings is 1. The molecule has 0 aliphatic heterocycles. The Morgan fingerprint density at radius 2 is 2.03 bits per heavy atom. The zero-order chi connectivity index (χ0) is 20.8. The lowest BCUT2D eigenvalue weighted by Crippen LogP contribution is -2.38. The topological polar surface area (TPSA) is 81.9 Å². The molecule has 30 heavy (non-hydrogen) atoms. The summed E-state index contributed by atoms with van der Waals surface area (Å²) in [5, 5.41) is 7.74. The molecule has 2 heterocycles. The van der Waals surface area contributed by atoms with Gasteiger partial charge in [0.15, 0.2) is 0 Å². The number of methoxy groups -OCH3 is 1. The number of hydrogen-bond acceptors (Lipinski definition) is 5. The van der Waals surface area contributed by atoms with E-state index in [1.807, 2.05) is 41.2 Å². The molecule has 1 aliphatic rings. The largest absolute Gasteiger partial charge is 0.496 e. The number of para-hydroxylation sites is 1. The van der Waals surface area contributed by atoms with E-state index in [0.29, 0.717) is 18.9 Å². The van der Waals surface area contributed by atoms with Gasteiger partial charge >= 0.3 is 0 Å². The molecular formula is C23H27N5O2. The summed E-state index contributed by atoms with van der Waals surface area (Å²) in [5.41, 5.74) is 2.95. The maximum absolute atomic E-state index is 12.4. The Balaban J connectivity index is 1.25. The number of ether oxygens (including phenoxy) is 1. The van der Waals surface area contributed by atoms with Crippen molar-refractivity contribution in [1.82, 2.24) is 25.1 Å². The van der Waals surface area contributed by atoms with Gasteiger partial charge in [0.25, 0.3) is 0 Å². The molecular weight excluding hydrogens is 378 g/mol. The first-order valence-electron chi connectivity index (χ1n) is 10.4. The lowest BCUT2D eigenvalue weighted by atomic mass is 9.91. The molecule has 1 amide bonds. The monoisotopic (exact) mass is 405 g/mol. The number of nitrogens with zero attached hydrogens (tertiary/aromatic N) is 4. The van der Waals surface area contributed by atoms with Gasteiger partial charge in [-0.25, -0.2) is 9.97 Å². The number of carbonyl (C=O) groups is 1. The van der Waals surface area contributed by atoms with Crippen LogP contribution in [0.2, 0.25) is 0 Å². The van der Waals surface area contributed by atoms with Crippen LogP contribution in [0, 0.1) is 0 Å². The minimum atomic E-state index is 0.106. The van der Waals surface area contributed by atoms with Crippen molar-refractivity contribution in [2.24, 2.45) is 0 Å². The summed E-state index contributed by atoms with van der Waals surface area (Å²) in [7, 11) is 1.66. The van der Waals surface area contributed by atoms with Gasteiger partial charge in [-0.2, -0.15) is 5.10 Å². The first-order valence-corrected chi connectivity index (χ1v) is 10.4. The zero-order valence-corrected chi connectivity index (χ0v) is 17.2. The molecule has 0 saturated heterocycles. The zero-order valence-electron chi connectivity index (χ0n) is 17.2. The van der Waals surface area contributed by atoms with Crippen molar-refractivity contribution in [2.75, 3.05) is 7.11 Å². The van der Waals surface area contributed by atoms with Crippen LogP contribution in [0.25, 0.3) is 11.3 Å². The first-order chi connectivity index (χ1) is 14.7. The van der Waals surface area contributed by atoms with E-state index in [4.69, 9.17) is 4.74 Å². The molecule has 0 spiro atoms. The van der Waals surface area contributed by atoms with Crippen LogP contribution >= 0.6 is 0 Å². The van der Waals surface area contributed by atoms with E-state index in [1.54, 1.807) is 19.6 Å². The fourth-order valence-electron chi connectivity index (χ4n) is 4.07. The summed E-state index contributed by atoms with van der Waals surface area (Å²) in [5.74, 6) is 0.945. The number of carbonyl (C=O) groups excluding carboxylic acids is 1. The lowest BCUT2D eigenvalue weighted by Gasteiger charge is -2.29. The van der Waals surface area contributed by atoms with Crippen LogP contribution in [-0.2, 0) is 11.2 Å². The molecule has 4 rings (SSSR count). The number of aromatic nitrogens is 4. The molecule has 1 fully saturated rings. The molecule has 0 unspecified atom stereocenters. The third kappa shape index (κ3) is 4.84. The minimum absolute atomic E-state index is 0.106. The minimum Gasteiger partial charge on any atom is -0.496 e. The normalized spacial score (nSPS) is 18.7. The Morgan fingerprint density at radius 3 is 2.80 bits per heavy atom. The second-order valence-corrected chi connectivity index (χ2v) is 7.69. The SMILES string of the molecule is COc1ccccc1CCC(=O)NC1CCC(n2cc(-c3ccncn3)cn2)CC1. The molecule has 0 atom stereocenters. The van der Waals surface area contributed by atoms with Gasteiger partial charge in [-0.05, 0) is 49.8 Å². The number of rotatable bonds is 7. The van der Waals surface area contributed by atoms with Gasteiger partial charge in [0.1, 0.15) is 12.1 Å². The van der Waals surface area contributed by atoms with E-state index < -0.39 is 0 Å². The summed E-state index contributed by atoms with van der Waals surface area (Å²) in [6, 6.07) is 10.3. The molecule has 2 aromatic heterocycles. The predicted octanol–water partition coefficient (Wildman–Crippen LogP) is 3.58. The molecule has 3 aromatic rings. The van der Waals surface area contributed by atoms with Crippen molar-refractivity contribution < 1.29 is 9.53 Å². The van der Waals surface area contributed by atoms with Crippen molar-refractivity contribution in [2.45, 2.75) is 50.6 Å². The third-order valence-electron chi connectivity index (χ3n) is 5.73. The van der Waals surface area contributed by atoms with Crippen LogP contribution in [0.15, 0.2) is 55.2 Å². The molecule has 156 valence electrons. The van der Waals surface area contributed by atoms with Crippen molar-refractivity contribution in [3.8, 4) is 17.0 Å². The van der Waals surface area contributed by atoms with Crippen LogP contribution in [0.4, 0.5) is 0 Å². The van der Waals surface area contributed by atoms with Crippen molar-refractivity contribution in [1.29, 1.82) is 0 Å². The van der Waals surface area contributed by atoms with Gasteiger partial charge in [0.2, 0.25) is 5.91 Å². The molecule has 1 aromatic carbocycles. The van der Waals surface area contributed by atoms with Gasteiger partial charge in [-0.1, -0.05) is 18.2 Å². The van der Waals surface area contributed by atoms with Crippen LogP contribution in [-0.4, -0.2) is 38.8 Å². The summed E-state index contributed by atoms with van der Waals surface area (Å²) < 4.78 is 7.40. The number of nitrogens with one attached hydrogen (secondary N) is 1. The maximum atomic E-state index is 12.4. The third-order valence-corrected chi connectivity index (χ3v) is 5.73. The van der Waals surface area contributed by atoms with Crippen LogP contribution in [0.3, 0.4) is 0 Å². The highest BCUT2D eigenvalue weighted by molar-refractivity contribution is 5.76. The molecule has 0 bridgehead atoms.